The van der Waals surface area contributed by atoms with Crippen molar-refractivity contribution in [2.75, 3.05) is 6.61 Å². The summed E-state index contributed by atoms with van der Waals surface area (Å²) in [6.45, 7) is 3.85. The van der Waals surface area contributed by atoms with Crippen molar-refractivity contribution < 1.29 is 53.9 Å². The minimum atomic E-state index is -5.08. The number of carbonyl (C=O) groups is 1. The van der Waals surface area contributed by atoms with E-state index in [2.05, 4.69) is 19.2 Å². The largest absolute Gasteiger partial charge is 0.472 e. The van der Waals surface area contributed by atoms with Crippen molar-refractivity contribution in [2.45, 2.75) is 307 Å². The highest BCUT2D eigenvalue weighted by Gasteiger charge is 2.51. The number of unbranched alkanes of at least 4 members (excludes halogenated alkanes) is 35. The number of amides is 1. The summed E-state index contributed by atoms with van der Waals surface area (Å²) < 4.78 is 22.9. The topological polar surface area (TPSA) is 206 Å². The second-order valence-electron chi connectivity index (χ2n) is 19.4. The first-order valence-corrected chi connectivity index (χ1v) is 28.6. The monoisotopic (exact) mass is 948 g/mol. The van der Waals surface area contributed by atoms with Crippen LogP contribution in [0.15, 0.2) is 12.2 Å². The molecule has 386 valence electrons. The van der Waals surface area contributed by atoms with Gasteiger partial charge >= 0.3 is 7.82 Å². The molecule has 0 bridgehead atoms. The lowest BCUT2D eigenvalue weighted by Crippen LogP contribution is -2.64. The first-order chi connectivity index (χ1) is 31.4. The Labute approximate surface area is 397 Å². The molecule has 0 spiro atoms. The van der Waals surface area contributed by atoms with Gasteiger partial charge in [0.05, 0.1) is 18.8 Å². The minimum absolute atomic E-state index is 0.219. The zero-order valence-electron chi connectivity index (χ0n) is 41.6. The van der Waals surface area contributed by atoms with E-state index in [-0.39, 0.29) is 12.3 Å². The van der Waals surface area contributed by atoms with Gasteiger partial charge < -0.3 is 40.8 Å². The molecule has 65 heavy (non-hydrogen) atoms. The van der Waals surface area contributed by atoms with Gasteiger partial charge in [0.2, 0.25) is 5.91 Å². The second-order valence-corrected chi connectivity index (χ2v) is 20.8. The Bertz CT molecular complexity index is 1150. The third kappa shape index (κ3) is 33.3. The van der Waals surface area contributed by atoms with Crippen LogP contribution in [-0.4, -0.2) is 96.8 Å². The summed E-state index contributed by atoms with van der Waals surface area (Å²) in [7, 11) is -5.08. The lowest BCUT2D eigenvalue weighted by molar-refractivity contribution is -0.220. The third-order valence-electron chi connectivity index (χ3n) is 13.3. The number of nitrogens with one attached hydrogen (secondary N) is 1. The molecule has 1 fully saturated rings. The normalized spacial score (nSPS) is 22.0. The molecule has 0 aliphatic heterocycles. The fraction of sp³-hybridized carbons (Fsp3) is 0.942. The van der Waals surface area contributed by atoms with Crippen molar-refractivity contribution in [1.29, 1.82) is 0 Å². The Balaban J connectivity index is 2.27. The number of hydrogen-bond donors (Lipinski definition) is 8. The Morgan fingerprint density at radius 1 is 0.508 bits per heavy atom. The fourth-order valence-corrected chi connectivity index (χ4v) is 9.87. The van der Waals surface area contributed by atoms with E-state index in [9.17, 15) is 44.9 Å². The fourth-order valence-electron chi connectivity index (χ4n) is 8.91. The Hall–Kier alpha value is -0.920. The van der Waals surface area contributed by atoms with Crippen molar-refractivity contribution in [3.8, 4) is 0 Å². The number of aliphatic hydroxyl groups is 6. The van der Waals surface area contributed by atoms with E-state index in [0.717, 1.165) is 44.9 Å². The predicted octanol–water partition coefficient (Wildman–Crippen LogP) is 11.6. The van der Waals surface area contributed by atoms with Gasteiger partial charge in [-0.05, 0) is 19.3 Å². The number of carbonyl (C=O) groups excluding carboxylic acids is 1. The van der Waals surface area contributed by atoms with E-state index >= 15 is 0 Å². The van der Waals surface area contributed by atoms with Gasteiger partial charge in [-0.25, -0.2) is 4.57 Å². The van der Waals surface area contributed by atoms with Crippen LogP contribution < -0.4 is 5.32 Å². The molecule has 0 aromatic carbocycles. The molecular formula is C52H102NO11P. The first kappa shape index (κ1) is 62.1. The maximum absolute atomic E-state index is 13.0. The Morgan fingerprint density at radius 3 is 1.17 bits per heavy atom. The van der Waals surface area contributed by atoms with Crippen LogP contribution in [0, 0.1) is 0 Å². The molecule has 12 nitrogen and oxygen atoms in total. The molecule has 1 saturated carbocycles. The summed E-state index contributed by atoms with van der Waals surface area (Å²) in [4.78, 5) is 23.4. The average Bonchev–Trinajstić information content (AvgIpc) is 3.29. The molecule has 0 aromatic heterocycles. The molecule has 0 saturated heterocycles. The van der Waals surface area contributed by atoms with Gasteiger partial charge in [-0.3, -0.25) is 13.8 Å². The highest BCUT2D eigenvalue weighted by atomic mass is 31.2. The maximum atomic E-state index is 13.0. The molecular weight excluding hydrogens is 846 g/mol. The van der Waals surface area contributed by atoms with Crippen LogP contribution in [0.1, 0.15) is 258 Å². The van der Waals surface area contributed by atoms with Gasteiger partial charge in [0.25, 0.3) is 0 Å². The van der Waals surface area contributed by atoms with E-state index in [1.54, 1.807) is 0 Å². The molecule has 9 atom stereocenters. The molecule has 6 unspecified atom stereocenters. The zero-order valence-corrected chi connectivity index (χ0v) is 42.5. The minimum Gasteiger partial charge on any atom is -0.387 e. The molecule has 1 amide bonds. The van der Waals surface area contributed by atoms with E-state index in [1.807, 2.05) is 6.08 Å². The van der Waals surface area contributed by atoms with Crippen LogP contribution >= 0.6 is 7.82 Å². The SMILES string of the molecule is CCCCCCCCCCC/C=C/[C@@H](O)[C@H](COP(=O)(O)OC1C(O)C(O)C(O)[C@@H](O)C1O)NC(=O)CCCCCCCCCCCCCCCCCCCCCCCCCCCCC. The number of phosphoric ester groups is 1. The highest BCUT2D eigenvalue weighted by molar-refractivity contribution is 7.47. The van der Waals surface area contributed by atoms with E-state index < -0.39 is 63.2 Å². The van der Waals surface area contributed by atoms with Crippen molar-refractivity contribution >= 4 is 13.7 Å². The van der Waals surface area contributed by atoms with Crippen molar-refractivity contribution in [2.24, 2.45) is 0 Å². The van der Waals surface area contributed by atoms with Crippen LogP contribution in [0.3, 0.4) is 0 Å². The number of hydrogen-bond acceptors (Lipinski definition) is 10. The zero-order chi connectivity index (χ0) is 47.8. The molecule has 0 heterocycles. The van der Waals surface area contributed by atoms with Crippen molar-refractivity contribution in [3.63, 3.8) is 0 Å². The van der Waals surface area contributed by atoms with Gasteiger partial charge in [-0.2, -0.15) is 0 Å². The van der Waals surface area contributed by atoms with Gasteiger partial charge in [0.15, 0.2) is 0 Å². The summed E-state index contributed by atoms with van der Waals surface area (Å²) in [6, 6.07) is -1.11. The van der Waals surface area contributed by atoms with Gasteiger partial charge in [-0.15, -0.1) is 0 Å². The molecule has 1 rings (SSSR count). The highest BCUT2D eigenvalue weighted by Crippen LogP contribution is 2.47. The molecule has 8 N–H and O–H groups in total. The van der Waals surface area contributed by atoms with Crippen LogP contribution in [0.2, 0.25) is 0 Å². The third-order valence-corrected chi connectivity index (χ3v) is 14.3. The smallest absolute Gasteiger partial charge is 0.387 e. The summed E-state index contributed by atoms with van der Waals surface area (Å²) in [6.07, 6.45) is 37.4. The number of allylic oxidation sites excluding steroid dienone is 1. The van der Waals surface area contributed by atoms with Crippen LogP contribution in [-0.2, 0) is 18.4 Å². The molecule has 0 aromatic rings. The van der Waals surface area contributed by atoms with E-state index in [1.165, 1.54) is 192 Å². The van der Waals surface area contributed by atoms with Crippen LogP contribution in [0.25, 0.3) is 0 Å². The second kappa shape index (κ2) is 42.0. The number of aliphatic hydroxyl groups excluding tert-OH is 6. The van der Waals surface area contributed by atoms with E-state index in [4.69, 9.17) is 9.05 Å². The van der Waals surface area contributed by atoms with Crippen molar-refractivity contribution in [1.82, 2.24) is 5.32 Å². The van der Waals surface area contributed by atoms with Gasteiger partial charge in [0.1, 0.15) is 36.6 Å². The quantitative estimate of drug-likeness (QED) is 0.0164. The number of phosphoric acid groups is 1. The van der Waals surface area contributed by atoms with Crippen LogP contribution in [0.5, 0.6) is 0 Å². The lowest BCUT2D eigenvalue weighted by Gasteiger charge is -2.41. The van der Waals surface area contributed by atoms with Gasteiger partial charge in [0, 0.05) is 6.42 Å². The first-order valence-electron chi connectivity index (χ1n) is 27.1. The summed E-state index contributed by atoms with van der Waals surface area (Å²) in [5.41, 5.74) is 0. The molecule has 1 aliphatic carbocycles. The maximum Gasteiger partial charge on any atom is 0.472 e. The van der Waals surface area contributed by atoms with E-state index in [0.29, 0.717) is 6.42 Å². The van der Waals surface area contributed by atoms with Crippen molar-refractivity contribution in [3.05, 3.63) is 12.2 Å². The van der Waals surface area contributed by atoms with Crippen LogP contribution in [0.4, 0.5) is 0 Å². The van der Waals surface area contributed by atoms with Gasteiger partial charge in [-0.1, -0.05) is 244 Å². The Kier molecular flexibility index (Phi) is 40.1. The number of rotatable bonds is 46. The molecule has 0 radical (unpaired) electrons. The lowest BCUT2D eigenvalue weighted by atomic mass is 9.85. The summed E-state index contributed by atoms with van der Waals surface area (Å²) in [5.74, 6) is -0.336. The summed E-state index contributed by atoms with van der Waals surface area (Å²) in [5, 5.41) is 64.1. The molecule has 13 heteroatoms. The average molecular weight is 948 g/mol. The predicted molar refractivity (Wildman–Crippen MR) is 265 cm³/mol. The Morgan fingerprint density at radius 2 is 0.815 bits per heavy atom. The summed E-state index contributed by atoms with van der Waals surface area (Å²) >= 11 is 0. The standard InChI is InChI=1S/C52H102NO11P/c1-3-5-7-9-11-13-15-16-17-18-19-20-21-22-23-24-25-26-27-28-29-30-32-34-36-38-40-42-46(55)53-44(45(54)41-39-37-35-33-31-14-12-10-8-6-4-2)43-63-65(61,62)64-52-50(59)48(57)47(56)49(58)51(52)60/h39,41,44-45,47-52,54,56-60H,3-38,40,42-43H2,1-2H3,(H,53,55)(H,61,62)/b41-39+/t44-,45+,47?,48+,49?,50?,51?,52?/m0/s1. The molecule has 1 aliphatic rings.